The van der Waals surface area contributed by atoms with E-state index in [0.29, 0.717) is 24.8 Å². The molecule has 2 unspecified atom stereocenters. The number of aliphatic hydroxyl groups excluding tert-OH is 1. The summed E-state index contributed by atoms with van der Waals surface area (Å²) in [5.74, 6) is 1.03. The van der Waals surface area contributed by atoms with Crippen LogP contribution in [-0.4, -0.2) is 37.4 Å². The zero-order valence-electron chi connectivity index (χ0n) is 10.8. The lowest BCUT2D eigenvalue weighted by Crippen LogP contribution is -2.29. The van der Waals surface area contributed by atoms with Crippen molar-refractivity contribution in [1.29, 1.82) is 0 Å². The minimum atomic E-state index is 0.125. The maximum absolute atomic E-state index is 11.6. The first-order valence-corrected chi connectivity index (χ1v) is 6.67. The van der Waals surface area contributed by atoms with Crippen molar-refractivity contribution in [3.8, 4) is 0 Å². The second kappa shape index (κ2) is 8.48. The summed E-state index contributed by atoms with van der Waals surface area (Å²) in [6.07, 6.45) is 4.59. The minimum Gasteiger partial charge on any atom is -0.396 e. The molecule has 100 valence electrons. The predicted octanol–water partition coefficient (Wildman–Crippen LogP) is 1.33. The van der Waals surface area contributed by atoms with Gasteiger partial charge in [-0.05, 0) is 37.5 Å². The Morgan fingerprint density at radius 3 is 3.06 bits per heavy atom. The van der Waals surface area contributed by atoms with Crippen molar-refractivity contribution in [2.75, 3.05) is 26.4 Å². The summed E-state index contributed by atoms with van der Waals surface area (Å²) in [7, 11) is 0. The van der Waals surface area contributed by atoms with E-state index in [0.717, 1.165) is 32.5 Å². The van der Waals surface area contributed by atoms with Crippen molar-refractivity contribution < 1.29 is 14.6 Å². The smallest absolute Gasteiger partial charge is 0.220 e. The highest BCUT2D eigenvalue weighted by Crippen LogP contribution is 2.18. The molecule has 4 heteroatoms. The quantitative estimate of drug-likeness (QED) is 0.709. The highest BCUT2D eigenvalue weighted by Gasteiger charge is 2.15. The van der Waals surface area contributed by atoms with Crippen molar-refractivity contribution in [3.63, 3.8) is 0 Å². The van der Waals surface area contributed by atoms with E-state index < -0.39 is 0 Å². The molecule has 2 atom stereocenters. The van der Waals surface area contributed by atoms with E-state index in [1.54, 1.807) is 0 Å². The van der Waals surface area contributed by atoms with Crippen molar-refractivity contribution in [2.24, 2.45) is 11.8 Å². The van der Waals surface area contributed by atoms with Gasteiger partial charge in [-0.15, -0.1) is 0 Å². The van der Waals surface area contributed by atoms with E-state index in [-0.39, 0.29) is 12.5 Å². The van der Waals surface area contributed by atoms with Gasteiger partial charge in [0.15, 0.2) is 0 Å². The topological polar surface area (TPSA) is 58.6 Å². The molecule has 1 heterocycles. The van der Waals surface area contributed by atoms with E-state index in [2.05, 4.69) is 5.32 Å². The first kappa shape index (κ1) is 14.5. The van der Waals surface area contributed by atoms with Gasteiger partial charge in [0.1, 0.15) is 0 Å². The molecule has 17 heavy (non-hydrogen) atoms. The summed E-state index contributed by atoms with van der Waals surface area (Å²) in [6, 6.07) is 0. The Morgan fingerprint density at radius 1 is 1.59 bits per heavy atom. The van der Waals surface area contributed by atoms with Gasteiger partial charge in [0.2, 0.25) is 5.91 Å². The van der Waals surface area contributed by atoms with Crippen LogP contribution in [0.25, 0.3) is 0 Å². The Bertz CT molecular complexity index is 215. The summed E-state index contributed by atoms with van der Waals surface area (Å²) < 4.78 is 5.39. The molecule has 0 aromatic carbocycles. The van der Waals surface area contributed by atoms with Gasteiger partial charge >= 0.3 is 0 Å². The average molecular weight is 243 g/mol. The van der Waals surface area contributed by atoms with Crippen molar-refractivity contribution in [1.82, 2.24) is 5.32 Å². The number of amides is 1. The van der Waals surface area contributed by atoms with Gasteiger partial charge in [-0.25, -0.2) is 0 Å². The molecule has 1 aliphatic rings. The minimum absolute atomic E-state index is 0.125. The molecule has 2 N–H and O–H groups in total. The number of aliphatic hydroxyl groups is 1. The average Bonchev–Trinajstić information content (AvgIpc) is 2.35. The van der Waals surface area contributed by atoms with Crippen molar-refractivity contribution >= 4 is 5.91 Å². The number of ether oxygens (including phenoxy) is 1. The third-order valence-corrected chi connectivity index (χ3v) is 3.30. The molecule has 0 radical (unpaired) electrons. The standard InChI is InChI=1S/C13H25NO3/c1-11(6-7-15)9-14-13(16)5-4-12-3-2-8-17-10-12/h11-12,15H,2-10H2,1H3,(H,14,16). The molecule has 0 aliphatic carbocycles. The zero-order chi connectivity index (χ0) is 12.5. The van der Waals surface area contributed by atoms with Crippen LogP contribution in [0.15, 0.2) is 0 Å². The Labute approximate surface area is 104 Å². The molecule has 0 bridgehead atoms. The van der Waals surface area contributed by atoms with Gasteiger partial charge in [-0.1, -0.05) is 6.92 Å². The molecule has 1 rings (SSSR count). The molecular formula is C13H25NO3. The van der Waals surface area contributed by atoms with E-state index in [9.17, 15) is 4.79 Å². The molecule has 0 aromatic heterocycles. The molecule has 0 spiro atoms. The summed E-state index contributed by atoms with van der Waals surface area (Å²) in [6.45, 7) is 4.58. The first-order valence-electron chi connectivity index (χ1n) is 6.67. The van der Waals surface area contributed by atoms with Crippen LogP contribution < -0.4 is 5.32 Å². The maximum Gasteiger partial charge on any atom is 0.220 e. The van der Waals surface area contributed by atoms with Crippen molar-refractivity contribution in [2.45, 2.75) is 39.0 Å². The lowest BCUT2D eigenvalue weighted by atomic mass is 9.97. The fourth-order valence-electron chi connectivity index (χ4n) is 2.07. The monoisotopic (exact) mass is 243 g/mol. The molecular weight excluding hydrogens is 218 g/mol. The van der Waals surface area contributed by atoms with Gasteiger partial charge in [0.25, 0.3) is 0 Å². The van der Waals surface area contributed by atoms with Crippen LogP contribution in [0.3, 0.4) is 0 Å². The van der Waals surface area contributed by atoms with E-state index in [1.807, 2.05) is 6.92 Å². The Hall–Kier alpha value is -0.610. The van der Waals surface area contributed by atoms with Crippen LogP contribution in [0, 0.1) is 11.8 Å². The van der Waals surface area contributed by atoms with E-state index in [4.69, 9.17) is 9.84 Å². The Kier molecular flexibility index (Phi) is 7.21. The summed E-state index contributed by atoms with van der Waals surface area (Å²) >= 11 is 0. The van der Waals surface area contributed by atoms with Gasteiger partial charge in [-0.2, -0.15) is 0 Å². The first-order chi connectivity index (χ1) is 8.22. The van der Waals surface area contributed by atoms with Gasteiger partial charge in [0.05, 0.1) is 0 Å². The molecule has 1 aliphatic heterocycles. The third-order valence-electron chi connectivity index (χ3n) is 3.30. The molecule has 1 fully saturated rings. The Balaban J connectivity index is 2.04. The number of carbonyl (C=O) groups excluding carboxylic acids is 1. The second-order valence-corrected chi connectivity index (χ2v) is 5.04. The fraction of sp³-hybridized carbons (Fsp3) is 0.923. The lowest BCUT2D eigenvalue weighted by molar-refractivity contribution is -0.121. The second-order valence-electron chi connectivity index (χ2n) is 5.04. The summed E-state index contributed by atoms with van der Waals surface area (Å²) in [4.78, 5) is 11.6. The zero-order valence-corrected chi connectivity index (χ0v) is 10.8. The predicted molar refractivity (Wildman–Crippen MR) is 66.7 cm³/mol. The van der Waals surface area contributed by atoms with Crippen LogP contribution >= 0.6 is 0 Å². The van der Waals surface area contributed by atoms with Crippen LogP contribution in [0.4, 0.5) is 0 Å². The highest BCUT2D eigenvalue weighted by atomic mass is 16.5. The largest absolute Gasteiger partial charge is 0.396 e. The number of carbonyl (C=O) groups is 1. The number of hydrogen-bond donors (Lipinski definition) is 2. The van der Waals surface area contributed by atoms with E-state index in [1.165, 1.54) is 6.42 Å². The molecule has 1 amide bonds. The fourth-order valence-corrected chi connectivity index (χ4v) is 2.07. The number of hydrogen-bond acceptors (Lipinski definition) is 3. The van der Waals surface area contributed by atoms with Crippen LogP contribution in [0.2, 0.25) is 0 Å². The van der Waals surface area contributed by atoms with Crippen LogP contribution in [0.5, 0.6) is 0 Å². The van der Waals surface area contributed by atoms with Gasteiger partial charge < -0.3 is 15.2 Å². The maximum atomic E-state index is 11.6. The molecule has 4 nitrogen and oxygen atoms in total. The molecule has 0 aromatic rings. The molecule has 0 saturated carbocycles. The SMILES string of the molecule is CC(CCO)CNC(=O)CCC1CCCOC1. The van der Waals surface area contributed by atoms with Crippen LogP contribution in [0.1, 0.15) is 39.0 Å². The highest BCUT2D eigenvalue weighted by molar-refractivity contribution is 5.75. The lowest BCUT2D eigenvalue weighted by Gasteiger charge is -2.21. The normalized spacial score (nSPS) is 22.1. The van der Waals surface area contributed by atoms with Crippen molar-refractivity contribution in [3.05, 3.63) is 0 Å². The summed E-state index contributed by atoms with van der Waals surface area (Å²) in [5.41, 5.74) is 0. The van der Waals surface area contributed by atoms with Crippen LogP contribution in [-0.2, 0) is 9.53 Å². The summed E-state index contributed by atoms with van der Waals surface area (Å²) in [5, 5.41) is 11.7. The van der Waals surface area contributed by atoms with Gasteiger partial charge in [0, 0.05) is 32.8 Å². The molecule has 1 saturated heterocycles. The third kappa shape index (κ3) is 6.64. The number of nitrogens with one attached hydrogen (secondary N) is 1. The number of rotatable bonds is 7. The van der Waals surface area contributed by atoms with E-state index >= 15 is 0 Å². The Morgan fingerprint density at radius 2 is 2.41 bits per heavy atom. The van der Waals surface area contributed by atoms with Gasteiger partial charge in [-0.3, -0.25) is 4.79 Å².